The Labute approximate surface area is 442 Å². The van der Waals surface area contributed by atoms with Gasteiger partial charge >= 0.3 is 0 Å². The Hall–Kier alpha value is -9.24. The summed E-state index contributed by atoms with van der Waals surface area (Å²) in [7, 11) is 0. The number of allylic oxidation sites excluding steroid dienone is 4. The zero-order chi connectivity index (χ0) is 51.1. The van der Waals surface area contributed by atoms with Gasteiger partial charge in [-0.25, -0.2) is 9.98 Å². The van der Waals surface area contributed by atoms with Crippen molar-refractivity contribution in [3.8, 4) is 77.9 Å². The molecule has 10 aromatic carbocycles. The van der Waals surface area contributed by atoms with E-state index in [-0.39, 0.29) is 0 Å². The van der Waals surface area contributed by atoms with Crippen molar-refractivity contribution in [2.24, 2.45) is 9.98 Å². The van der Waals surface area contributed by atoms with E-state index in [4.69, 9.17) is 9.98 Å². The van der Waals surface area contributed by atoms with Crippen LogP contribution in [0.3, 0.4) is 0 Å². The van der Waals surface area contributed by atoms with Gasteiger partial charge in [-0.2, -0.15) is 0 Å². The molecule has 2 heteroatoms. The normalized spacial score (nSPS) is 12.6. The van der Waals surface area contributed by atoms with Gasteiger partial charge < -0.3 is 0 Å². The Morgan fingerprint density at radius 2 is 0.787 bits per heavy atom. The molecule has 0 spiro atoms. The van der Waals surface area contributed by atoms with Crippen molar-refractivity contribution in [3.05, 3.63) is 301 Å². The third kappa shape index (κ3) is 10.9. The van der Waals surface area contributed by atoms with Crippen LogP contribution in [0.4, 0.5) is 0 Å². The van der Waals surface area contributed by atoms with Crippen molar-refractivity contribution in [3.63, 3.8) is 0 Å². The Morgan fingerprint density at radius 1 is 0.347 bits per heavy atom. The van der Waals surface area contributed by atoms with E-state index in [0.717, 1.165) is 79.8 Å². The Bertz CT molecular complexity index is 3790. The van der Waals surface area contributed by atoms with Crippen LogP contribution in [0.2, 0.25) is 0 Å². The van der Waals surface area contributed by atoms with Gasteiger partial charge in [-0.15, -0.1) is 0 Å². The highest BCUT2D eigenvalue weighted by molar-refractivity contribution is 6.13. The molecule has 2 nitrogen and oxygen atoms in total. The van der Waals surface area contributed by atoms with Crippen molar-refractivity contribution in [1.29, 1.82) is 0 Å². The molecule has 75 heavy (non-hydrogen) atoms. The minimum atomic E-state index is 0.585. The SMILES string of the molecule is C=C(/N=C(\N=C(/C)c1cccc(-c2ccc(C)c(-c3ccccc3C)c2)c1)c1cccc(-c2cc(C3=CCCC=C3)cc(-c3ccccc3)c2)c1)c1cccc(-c2cc(-c3ccccc3)cc(-c3ccccc3)c2)c1. The highest BCUT2D eigenvalue weighted by Gasteiger charge is 2.15. The summed E-state index contributed by atoms with van der Waals surface area (Å²) in [6, 6.07) is 87.0. The summed E-state index contributed by atoms with van der Waals surface area (Å²) in [6.45, 7) is 11.1. The third-order valence-corrected chi connectivity index (χ3v) is 14.3. The molecule has 0 bridgehead atoms. The molecule has 0 unspecified atom stereocenters. The maximum Gasteiger partial charge on any atom is 0.160 e. The van der Waals surface area contributed by atoms with Gasteiger partial charge in [0.1, 0.15) is 0 Å². The van der Waals surface area contributed by atoms with Crippen LogP contribution in [0.5, 0.6) is 0 Å². The average Bonchev–Trinajstić information content (AvgIpc) is 3.48. The fourth-order valence-electron chi connectivity index (χ4n) is 10.2. The predicted molar refractivity (Wildman–Crippen MR) is 321 cm³/mol. The van der Waals surface area contributed by atoms with E-state index in [2.05, 4.69) is 288 Å². The lowest BCUT2D eigenvalue weighted by molar-refractivity contribution is 1.04. The van der Waals surface area contributed by atoms with Crippen LogP contribution in [0.1, 0.15) is 53.1 Å². The summed E-state index contributed by atoms with van der Waals surface area (Å²) >= 11 is 0. The third-order valence-electron chi connectivity index (χ3n) is 14.3. The molecule has 1 aliphatic carbocycles. The number of aliphatic imine (C=N–C) groups is 2. The van der Waals surface area contributed by atoms with Gasteiger partial charge in [-0.1, -0.05) is 207 Å². The molecule has 1 aliphatic rings. The van der Waals surface area contributed by atoms with E-state index in [9.17, 15) is 0 Å². The highest BCUT2D eigenvalue weighted by atomic mass is 14.9. The largest absolute Gasteiger partial charge is 0.233 e. The first kappa shape index (κ1) is 48.1. The molecule has 0 aliphatic heterocycles. The summed E-state index contributed by atoms with van der Waals surface area (Å²) in [5.41, 5.74) is 25.5. The number of rotatable bonds is 12. The molecule has 11 rings (SSSR count). The topological polar surface area (TPSA) is 24.7 Å². The van der Waals surface area contributed by atoms with Gasteiger partial charge in [0.25, 0.3) is 0 Å². The molecule has 10 aromatic rings. The Morgan fingerprint density at radius 3 is 1.35 bits per heavy atom. The summed E-state index contributed by atoms with van der Waals surface area (Å²) in [4.78, 5) is 10.9. The first-order chi connectivity index (χ1) is 36.8. The lowest BCUT2D eigenvalue weighted by Crippen LogP contribution is -2.05. The van der Waals surface area contributed by atoms with Gasteiger partial charge in [-0.3, -0.25) is 0 Å². The standard InChI is InChI=1S/C73H58N2/c1-50-22-17-18-37-71(50)72-49-63(39-38-51(72)2)60-33-19-31-58(40-60)52(3)74-73(64-36-21-35-62(42-64)70-47-67(56-27-13-7-14-28-56)44-68(48-70)57-29-15-8-16-30-57)75-53(4)59-32-20-34-61(41-59)69-45-65(54-23-9-5-10-24-54)43-66(46-69)55-25-11-6-12-26-55/h5-7,9-15,17-49H,4,8,16H2,1-3H3/b74-52+,75-73-. The number of amidine groups is 1. The monoisotopic (exact) mass is 962 g/mol. The van der Waals surface area contributed by atoms with E-state index in [1.807, 2.05) is 0 Å². The molecule has 0 N–H and O–H groups in total. The summed E-state index contributed by atoms with van der Waals surface area (Å²) in [5, 5.41) is 0. The minimum absolute atomic E-state index is 0.585. The van der Waals surface area contributed by atoms with Gasteiger partial charge in [0.05, 0.1) is 5.70 Å². The highest BCUT2D eigenvalue weighted by Crippen LogP contribution is 2.37. The Balaban J connectivity index is 1.01. The molecular formula is C73H58N2. The quantitative estimate of drug-likeness (QED) is 0.0861. The minimum Gasteiger partial charge on any atom is -0.233 e. The van der Waals surface area contributed by atoms with Gasteiger partial charge in [-0.05, 0) is 200 Å². The lowest BCUT2D eigenvalue weighted by atomic mass is 9.91. The van der Waals surface area contributed by atoms with Crippen molar-refractivity contribution in [2.45, 2.75) is 33.6 Å². The molecule has 0 fully saturated rings. The number of aryl methyl sites for hydroxylation is 2. The average molecular weight is 963 g/mol. The van der Waals surface area contributed by atoms with E-state index in [1.54, 1.807) is 0 Å². The molecular weight excluding hydrogens is 905 g/mol. The van der Waals surface area contributed by atoms with Crippen molar-refractivity contribution >= 4 is 22.8 Å². The fraction of sp³-hybridized carbons (Fsp3) is 0.0685. The summed E-state index contributed by atoms with van der Waals surface area (Å²) in [6.07, 6.45) is 8.99. The van der Waals surface area contributed by atoms with Crippen molar-refractivity contribution in [2.75, 3.05) is 0 Å². The molecule has 0 heterocycles. The first-order valence-electron chi connectivity index (χ1n) is 26.0. The lowest BCUT2D eigenvalue weighted by Gasteiger charge is -2.15. The zero-order valence-corrected chi connectivity index (χ0v) is 42.8. The number of nitrogens with zero attached hydrogens (tertiary/aromatic N) is 2. The van der Waals surface area contributed by atoms with E-state index < -0.39 is 0 Å². The van der Waals surface area contributed by atoms with Crippen LogP contribution in [0.25, 0.3) is 89.2 Å². The van der Waals surface area contributed by atoms with Crippen LogP contribution in [0.15, 0.2) is 277 Å². The second kappa shape index (κ2) is 21.9. The number of hydrogen-bond donors (Lipinski definition) is 0. The fourth-order valence-corrected chi connectivity index (χ4v) is 10.2. The zero-order valence-electron chi connectivity index (χ0n) is 42.8. The van der Waals surface area contributed by atoms with Gasteiger partial charge in [0.2, 0.25) is 0 Å². The van der Waals surface area contributed by atoms with E-state index in [0.29, 0.717) is 11.5 Å². The van der Waals surface area contributed by atoms with Crippen LogP contribution in [-0.2, 0) is 0 Å². The van der Waals surface area contributed by atoms with E-state index >= 15 is 0 Å². The van der Waals surface area contributed by atoms with Gasteiger partial charge in [0, 0.05) is 16.8 Å². The van der Waals surface area contributed by atoms with Crippen LogP contribution in [-0.4, -0.2) is 11.5 Å². The predicted octanol–water partition coefficient (Wildman–Crippen LogP) is 19.6. The molecule has 360 valence electrons. The van der Waals surface area contributed by atoms with E-state index in [1.165, 1.54) is 55.6 Å². The smallest absolute Gasteiger partial charge is 0.160 e. The van der Waals surface area contributed by atoms with Gasteiger partial charge in [0.15, 0.2) is 5.84 Å². The first-order valence-corrected chi connectivity index (χ1v) is 26.0. The second-order valence-corrected chi connectivity index (χ2v) is 19.5. The molecule has 0 atom stereocenters. The maximum absolute atomic E-state index is 5.46. The second-order valence-electron chi connectivity index (χ2n) is 19.5. The Kier molecular flexibility index (Phi) is 14.0. The number of hydrogen-bond acceptors (Lipinski definition) is 1. The molecule has 0 saturated heterocycles. The molecule has 0 amide bonds. The maximum atomic E-state index is 5.46. The van der Waals surface area contributed by atoms with Crippen LogP contribution < -0.4 is 0 Å². The van der Waals surface area contributed by atoms with Crippen molar-refractivity contribution < 1.29 is 0 Å². The van der Waals surface area contributed by atoms with Crippen LogP contribution >= 0.6 is 0 Å². The van der Waals surface area contributed by atoms with Crippen LogP contribution in [0, 0.1) is 13.8 Å². The summed E-state index contributed by atoms with van der Waals surface area (Å²) < 4.78 is 0. The number of benzene rings is 10. The summed E-state index contributed by atoms with van der Waals surface area (Å²) in [5.74, 6) is 0.585. The van der Waals surface area contributed by atoms with Crippen molar-refractivity contribution in [1.82, 2.24) is 0 Å². The molecule has 0 aromatic heterocycles. The molecule has 0 saturated carbocycles. The molecule has 0 radical (unpaired) electrons.